The molecular weight excluding hydrogens is 254 g/mol. The Bertz CT molecular complexity index is 557. The lowest BCUT2D eigenvalue weighted by Crippen LogP contribution is -1.94. The summed E-state index contributed by atoms with van der Waals surface area (Å²) in [5, 5.41) is 10.7. The van der Waals surface area contributed by atoms with Gasteiger partial charge in [0.2, 0.25) is 0 Å². The van der Waals surface area contributed by atoms with Gasteiger partial charge in [0.05, 0.1) is 16.2 Å². The zero-order valence-electron chi connectivity index (χ0n) is 9.50. The topological polar surface area (TPSA) is 77.3 Å². The van der Waals surface area contributed by atoms with E-state index in [1.807, 2.05) is 0 Å². The van der Waals surface area contributed by atoms with Gasteiger partial charge in [0.1, 0.15) is 0 Å². The van der Waals surface area contributed by atoms with Crippen LogP contribution in [0.4, 0.5) is 5.69 Å². The van der Waals surface area contributed by atoms with Crippen LogP contribution < -0.4 is 0 Å². The van der Waals surface area contributed by atoms with Gasteiger partial charge in [-0.15, -0.1) is 0 Å². The van der Waals surface area contributed by atoms with Gasteiger partial charge in [0.25, 0.3) is 5.69 Å². The van der Waals surface area contributed by atoms with Gasteiger partial charge in [-0.25, -0.2) is 0 Å². The summed E-state index contributed by atoms with van der Waals surface area (Å²) in [6, 6.07) is 4.13. The van der Waals surface area contributed by atoms with E-state index in [1.54, 1.807) is 0 Å². The van der Waals surface area contributed by atoms with Crippen molar-refractivity contribution in [2.24, 2.45) is 0 Å². The van der Waals surface area contributed by atoms with Crippen molar-refractivity contribution in [2.75, 3.05) is 5.75 Å². The van der Waals surface area contributed by atoms with E-state index in [2.05, 4.69) is 11.8 Å². The number of rotatable bonds is 3. The first-order valence-electron chi connectivity index (χ1n) is 4.90. The normalized spacial score (nSPS) is 9.17. The van der Waals surface area contributed by atoms with Crippen molar-refractivity contribution < 1.29 is 14.5 Å². The van der Waals surface area contributed by atoms with E-state index < -0.39 is 4.92 Å². The summed E-state index contributed by atoms with van der Waals surface area (Å²) >= 11 is 1.07. The molecule has 1 aromatic carbocycles. The van der Waals surface area contributed by atoms with Crippen LogP contribution in [0.1, 0.15) is 22.8 Å². The minimum Gasteiger partial charge on any atom is -0.298 e. The largest absolute Gasteiger partial charge is 0.298 e. The van der Waals surface area contributed by atoms with Crippen molar-refractivity contribution >= 4 is 28.9 Å². The first kappa shape index (κ1) is 13.9. The van der Waals surface area contributed by atoms with Crippen molar-refractivity contribution in [3.63, 3.8) is 0 Å². The highest BCUT2D eigenvalue weighted by Crippen LogP contribution is 2.18. The highest BCUT2D eigenvalue weighted by Gasteiger charge is 2.12. The number of benzene rings is 1. The Hall–Kier alpha value is -2.13. The molecule has 0 radical (unpaired) electrons. The Balaban J connectivity index is 2.91. The van der Waals surface area contributed by atoms with Gasteiger partial charge in [0.15, 0.2) is 11.4 Å². The van der Waals surface area contributed by atoms with Crippen LogP contribution in [-0.2, 0) is 4.79 Å². The predicted octanol–water partition coefficient (Wildman–Crippen LogP) is 2.04. The van der Waals surface area contributed by atoms with E-state index in [-0.39, 0.29) is 16.4 Å². The summed E-state index contributed by atoms with van der Waals surface area (Å²) in [5.74, 6) is 5.75. The van der Waals surface area contributed by atoms with Gasteiger partial charge < -0.3 is 0 Å². The number of carbonyl (C=O) groups excluding carboxylic acids is 2. The lowest BCUT2D eigenvalue weighted by atomic mass is 10.1. The SMILES string of the molecule is CC(=O)SCC#Cc1ccc(C=O)c([N+](=O)[O-])c1. The van der Waals surface area contributed by atoms with E-state index in [0.717, 1.165) is 11.8 Å². The Labute approximate surface area is 108 Å². The Morgan fingerprint density at radius 1 is 1.56 bits per heavy atom. The van der Waals surface area contributed by atoms with Crippen molar-refractivity contribution in [2.45, 2.75) is 6.92 Å². The van der Waals surface area contributed by atoms with E-state index in [4.69, 9.17) is 0 Å². The number of carbonyl (C=O) groups is 2. The van der Waals surface area contributed by atoms with Gasteiger partial charge in [0, 0.05) is 18.6 Å². The van der Waals surface area contributed by atoms with Crippen LogP contribution >= 0.6 is 11.8 Å². The summed E-state index contributed by atoms with van der Waals surface area (Å²) < 4.78 is 0. The quantitative estimate of drug-likeness (QED) is 0.361. The molecule has 0 N–H and O–H groups in total. The first-order valence-corrected chi connectivity index (χ1v) is 5.89. The molecule has 1 rings (SSSR count). The minimum absolute atomic E-state index is 0.0173. The van der Waals surface area contributed by atoms with Crippen molar-refractivity contribution in [3.05, 3.63) is 39.4 Å². The van der Waals surface area contributed by atoms with E-state index in [0.29, 0.717) is 17.6 Å². The molecule has 0 unspecified atom stereocenters. The number of nitro benzene ring substituents is 1. The third-order valence-electron chi connectivity index (χ3n) is 1.93. The molecule has 0 heterocycles. The fourth-order valence-electron chi connectivity index (χ4n) is 1.16. The second-order valence-electron chi connectivity index (χ2n) is 3.23. The van der Waals surface area contributed by atoms with Gasteiger partial charge in [-0.2, -0.15) is 0 Å². The highest BCUT2D eigenvalue weighted by atomic mass is 32.2. The van der Waals surface area contributed by atoms with Crippen LogP contribution in [0.5, 0.6) is 0 Å². The third-order valence-corrected chi connectivity index (χ3v) is 2.63. The molecule has 18 heavy (non-hydrogen) atoms. The third kappa shape index (κ3) is 4.03. The van der Waals surface area contributed by atoms with Crippen molar-refractivity contribution in [3.8, 4) is 11.8 Å². The van der Waals surface area contributed by atoms with Crippen molar-refractivity contribution in [1.82, 2.24) is 0 Å². The lowest BCUT2D eigenvalue weighted by Gasteiger charge is -1.96. The lowest BCUT2D eigenvalue weighted by molar-refractivity contribution is -0.385. The van der Waals surface area contributed by atoms with Gasteiger partial charge in [-0.3, -0.25) is 19.7 Å². The summed E-state index contributed by atoms with van der Waals surface area (Å²) in [6.07, 6.45) is 0.431. The zero-order chi connectivity index (χ0) is 13.5. The average molecular weight is 263 g/mol. The van der Waals surface area contributed by atoms with Crippen LogP contribution in [0.2, 0.25) is 0 Å². The molecule has 1 aromatic rings. The van der Waals surface area contributed by atoms with E-state index in [1.165, 1.54) is 25.1 Å². The Kier molecular flexibility index (Phi) is 5.08. The molecule has 92 valence electrons. The number of nitro groups is 1. The minimum atomic E-state index is -0.626. The smallest absolute Gasteiger partial charge is 0.281 e. The van der Waals surface area contributed by atoms with Crippen LogP contribution in [0.25, 0.3) is 0 Å². The van der Waals surface area contributed by atoms with Crippen LogP contribution in [0.3, 0.4) is 0 Å². The molecule has 0 fully saturated rings. The Morgan fingerprint density at radius 3 is 2.83 bits per heavy atom. The fraction of sp³-hybridized carbons (Fsp3) is 0.167. The predicted molar refractivity (Wildman–Crippen MR) is 68.5 cm³/mol. The van der Waals surface area contributed by atoms with Crippen LogP contribution in [0, 0.1) is 22.0 Å². The molecule has 0 aromatic heterocycles. The highest BCUT2D eigenvalue weighted by molar-refractivity contribution is 8.13. The molecule has 0 saturated heterocycles. The summed E-state index contributed by atoms with van der Waals surface area (Å²) in [5.41, 5.74) is 0.191. The van der Waals surface area contributed by atoms with Gasteiger partial charge in [-0.05, 0) is 12.1 Å². The maximum Gasteiger partial charge on any atom is 0.281 e. The second-order valence-corrected chi connectivity index (χ2v) is 4.38. The standard InChI is InChI=1S/C12H9NO4S/c1-9(15)18-6-2-3-10-4-5-11(8-14)12(7-10)13(16)17/h4-5,7-8H,6H2,1H3. The maximum absolute atomic E-state index is 10.7. The summed E-state index contributed by atoms with van der Waals surface area (Å²) in [4.78, 5) is 31.3. The zero-order valence-corrected chi connectivity index (χ0v) is 10.3. The molecule has 0 saturated carbocycles. The van der Waals surface area contributed by atoms with Crippen LogP contribution in [-0.4, -0.2) is 22.1 Å². The van der Waals surface area contributed by atoms with Gasteiger partial charge in [-0.1, -0.05) is 23.6 Å². The molecule has 0 aliphatic heterocycles. The number of nitrogens with zero attached hydrogens (tertiary/aromatic N) is 1. The molecule has 6 heteroatoms. The maximum atomic E-state index is 10.7. The average Bonchev–Trinajstić information content (AvgIpc) is 2.34. The molecule has 0 aliphatic carbocycles. The van der Waals surface area contributed by atoms with Crippen LogP contribution in [0.15, 0.2) is 18.2 Å². The van der Waals surface area contributed by atoms with E-state index in [9.17, 15) is 19.7 Å². The number of aldehydes is 1. The molecule has 5 nitrogen and oxygen atoms in total. The van der Waals surface area contributed by atoms with Crippen molar-refractivity contribution in [1.29, 1.82) is 0 Å². The summed E-state index contributed by atoms with van der Waals surface area (Å²) in [7, 11) is 0. The van der Waals surface area contributed by atoms with E-state index >= 15 is 0 Å². The fourth-order valence-corrected chi connectivity index (χ4v) is 1.50. The molecule has 0 spiro atoms. The second kappa shape index (κ2) is 6.57. The molecule has 0 amide bonds. The first-order chi connectivity index (χ1) is 8.54. The molecule has 0 bridgehead atoms. The number of hydrogen-bond acceptors (Lipinski definition) is 5. The Morgan fingerprint density at radius 2 is 2.28 bits per heavy atom. The number of hydrogen-bond donors (Lipinski definition) is 0. The molecule has 0 aliphatic rings. The number of thioether (sulfide) groups is 1. The van der Waals surface area contributed by atoms with Gasteiger partial charge >= 0.3 is 0 Å². The molecular formula is C12H9NO4S. The monoisotopic (exact) mass is 263 g/mol. The summed E-state index contributed by atoms with van der Waals surface area (Å²) in [6.45, 7) is 1.44. The molecule has 0 atom stereocenters.